The van der Waals surface area contributed by atoms with Crippen molar-refractivity contribution in [1.82, 2.24) is 9.97 Å². The van der Waals surface area contributed by atoms with Crippen LogP contribution in [0.4, 0.5) is 5.69 Å². The molecule has 0 saturated carbocycles. The van der Waals surface area contributed by atoms with Gasteiger partial charge in [0.25, 0.3) is 5.56 Å². The summed E-state index contributed by atoms with van der Waals surface area (Å²) in [4.78, 5) is 42.6. The van der Waals surface area contributed by atoms with Crippen LogP contribution >= 0.6 is 11.8 Å². The Labute approximate surface area is 149 Å². The number of Topliss-reactive ketones (excluding diaryl/α,β-unsaturated/α-hetero) is 1. The predicted molar refractivity (Wildman–Crippen MR) is 97.3 cm³/mol. The minimum atomic E-state index is -0.194. The van der Waals surface area contributed by atoms with E-state index >= 15 is 0 Å². The molecule has 1 aromatic carbocycles. The molecule has 0 aliphatic heterocycles. The van der Waals surface area contributed by atoms with Gasteiger partial charge < -0.3 is 10.3 Å². The molecule has 3 rings (SSSR count). The highest BCUT2D eigenvalue weighted by atomic mass is 32.2. The molecule has 2 aromatic rings. The number of hydrogen-bond acceptors (Lipinski definition) is 5. The highest BCUT2D eigenvalue weighted by molar-refractivity contribution is 7.99. The Kier molecular flexibility index (Phi) is 5.33. The average Bonchev–Trinajstić information content (AvgIpc) is 2.60. The lowest BCUT2D eigenvalue weighted by Gasteiger charge is -2.14. The Morgan fingerprint density at radius 1 is 1.20 bits per heavy atom. The number of ketones is 1. The van der Waals surface area contributed by atoms with Crippen LogP contribution in [0.5, 0.6) is 0 Å². The van der Waals surface area contributed by atoms with Gasteiger partial charge in [0.15, 0.2) is 10.9 Å². The number of aromatic amines is 1. The Bertz CT molecular complexity index is 859. The lowest BCUT2D eigenvalue weighted by Crippen LogP contribution is -2.22. The van der Waals surface area contributed by atoms with Crippen molar-refractivity contribution in [2.75, 3.05) is 11.1 Å². The molecular weight excluding hydrogens is 338 g/mol. The summed E-state index contributed by atoms with van der Waals surface area (Å²) in [5, 5.41) is 3.24. The maximum absolute atomic E-state index is 12.1. The van der Waals surface area contributed by atoms with E-state index < -0.39 is 0 Å². The van der Waals surface area contributed by atoms with Gasteiger partial charge in [0.05, 0.1) is 11.4 Å². The third-order valence-electron chi connectivity index (χ3n) is 4.08. The van der Waals surface area contributed by atoms with E-state index in [1.165, 1.54) is 18.7 Å². The number of rotatable bonds is 5. The van der Waals surface area contributed by atoms with Crippen molar-refractivity contribution in [3.05, 3.63) is 51.4 Å². The van der Waals surface area contributed by atoms with E-state index in [2.05, 4.69) is 15.3 Å². The maximum Gasteiger partial charge on any atom is 0.254 e. The van der Waals surface area contributed by atoms with Crippen LogP contribution in [-0.4, -0.2) is 27.4 Å². The Morgan fingerprint density at radius 3 is 2.64 bits per heavy atom. The first-order valence-electron chi connectivity index (χ1n) is 8.18. The number of aromatic nitrogens is 2. The van der Waals surface area contributed by atoms with Gasteiger partial charge in [0, 0.05) is 16.8 Å². The highest BCUT2D eigenvalue weighted by Gasteiger charge is 2.16. The fourth-order valence-corrected chi connectivity index (χ4v) is 3.45. The van der Waals surface area contributed by atoms with Crippen LogP contribution in [0.25, 0.3) is 0 Å². The van der Waals surface area contributed by atoms with Crippen molar-refractivity contribution in [3.63, 3.8) is 0 Å². The van der Waals surface area contributed by atoms with E-state index in [4.69, 9.17) is 0 Å². The number of fused-ring (bicyclic) bond motifs is 1. The molecule has 0 saturated heterocycles. The molecule has 1 amide bonds. The van der Waals surface area contributed by atoms with Gasteiger partial charge in [-0.2, -0.15) is 0 Å². The van der Waals surface area contributed by atoms with Crippen LogP contribution in [0.2, 0.25) is 0 Å². The lowest BCUT2D eigenvalue weighted by atomic mass is 9.97. The zero-order chi connectivity index (χ0) is 17.8. The second kappa shape index (κ2) is 7.65. The number of amides is 1. The van der Waals surface area contributed by atoms with Crippen LogP contribution < -0.4 is 10.9 Å². The zero-order valence-electron chi connectivity index (χ0n) is 13.9. The molecule has 0 atom stereocenters. The summed E-state index contributed by atoms with van der Waals surface area (Å²) in [6.07, 6.45) is 3.67. The topological polar surface area (TPSA) is 91.9 Å². The highest BCUT2D eigenvalue weighted by Crippen LogP contribution is 2.19. The number of benzene rings is 1. The summed E-state index contributed by atoms with van der Waals surface area (Å²) in [6, 6.07) is 6.73. The molecule has 0 spiro atoms. The summed E-state index contributed by atoms with van der Waals surface area (Å²) in [7, 11) is 0. The summed E-state index contributed by atoms with van der Waals surface area (Å²) in [5.41, 5.74) is 2.78. The van der Waals surface area contributed by atoms with E-state index in [0.29, 0.717) is 16.4 Å². The predicted octanol–water partition coefficient (Wildman–Crippen LogP) is 2.58. The normalized spacial score (nSPS) is 13.2. The van der Waals surface area contributed by atoms with Gasteiger partial charge in [-0.05, 0) is 56.9 Å². The molecule has 0 unspecified atom stereocenters. The first kappa shape index (κ1) is 17.4. The van der Waals surface area contributed by atoms with E-state index in [1.807, 2.05) is 0 Å². The number of carbonyl (C=O) groups is 2. The molecular formula is C18H19N3O3S. The third kappa shape index (κ3) is 4.36. The number of nitrogens with one attached hydrogen (secondary N) is 2. The van der Waals surface area contributed by atoms with Gasteiger partial charge in [-0.15, -0.1) is 0 Å². The number of nitrogens with zero attached hydrogens (tertiary/aromatic N) is 1. The first-order chi connectivity index (χ1) is 12.0. The van der Waals surface area contributed by atoms with E-state index in [0.717, 1.165) is 36.9 Å². The molecule has 130 valence electrons. The zero-order valence-corrected chi connectivity index (χ0v) is 14.7. The Morgan fingerprint density at radius 2 is 1.92 bits per heavy atom. The quantitative estimate of drug-likeness (QED) is 0.487. The molecule has 2 N–H and O–H groups in total. The van der Waals surface area contributed by atoms with Gasteiger partial charge in [0.2, 0.25) is 5.91 Å². The molecule has 1 aromatic heterocycles. The number of aryl methyl sites for hydroxylation is 1. The number of thioether (sulfide) groups is 1. The van der Waals surface area contributed by atoms with Gasteiger partial charge >= 0.3 is 0 Å². The number of anilines is 1. The van der Waals surface area contributed by atoms with Crippen molar-refractivity contribution >= 4 is 29.1 Å². The molecule has 0 fully saturated rings. The lowest BCUT2D eigenvalue weighted by molar-refractivity contribution is -0.113. The molecule has 7 heteroatoms. The molecule has 0 radical (unpaired) electrons. The molecule has 6 nitrogen and oxygen atoms in total. The molecule has 1 aliphatic carbocycles. The van der Waals surface area contributed by atoms with Gasteiger partial charge in [-0.1, -0.05) is 11.8 Å². The van der Waals surface area contributed by atoms with E-state index in [-0.39, 0.29) is 23.0 Å². The van der Waals surface area contributed by atoms with E-state index in [1.54, 1.807) is 24.3 Å². The van der Waals surface area contributed by atoms with Crippen LogP contribution in [0, 0.1) is 0 Å². The summed E-state index contributed by atoms with van der Waals surface area (Å²) >= 11 is 1.21. The fraction of sp³-hybridized carbons (Fsp3) is 0.333. The van der Waals surface area contributed by atoms with Gasteiger partial charge in [0.1, 0.15) is 0 Å². The summed E-state index contributed by atoms with van der Waals surface area (Å²) in [6.45, 7) is 1.50. The molecule has 25 heavy (non-hydrogen) atoms. The minimum absolute atomic E-state index is 0.0177. The molecule has 1 heterocycles. The minimum Gasteiger partial charge on any atom is -0.325 e. The monoisotopic (exact) mass is 357 g/mol. The van der Waals surface area contributed by atoms with Gasteiger partial charge in [-0.25, -0.2) is 4.98 Å². The van der Waals surface area contributed by atoms with E-state index in [9.17, 15) is 14.4 Å². The third-order valence-corrected chi connectivity index (χ3v) is 4.96. The van der Waals surface area contributed by atoms with Gasteiger partial charge in [-0.3, -0.25) is 14.4 Å². The molecule has 1 aliphatic rings. The smallest absolute Gasteiger partial charge is 0.254 e. The number of H-pyrrole nitrogens is 1. The van der Waals surface area contributed by atoms with Crippen molar-refractivity contribution in [1.29, 1.82) is 0 Å². The van der Waals surface area contributed by atoms with Crippen LogP contribution in [-0.2, 0) is 17.6 Å². The van der Waals surface area contributed by atoms with Crippen LogP contribution in [0.1, 0.15) is 41.4 Å². The van der Waals surface area contributed by atoms with Crippen molar-refractivity contribution in [2.24, 2.45) is 0 Å². The van der Waals surface area contributed by atoms with Crippen molar-refractivity contribution in [3.8, 4) is 0 Å². The number of hydrogen-bond donors (Lipinski definition) is 2. The molecule has 0 bridgehead atoms. The second-order valence-corrected chi connectivity index (χ2v) is 6.94. The fourth-order valence-electron chi connectivity index (χ4n) is 2.77. The van der Waals surface area contributed by atoms with Crippen LogP contribution in [0.15, 0.2) is 34.2 Å². The average molecular weight is 357 g/mol. The summed E-state index contributed by atoms with van der Waals surface area (Å²) < 4.78 is 0. The number of carbonyl (C=O) groups excluding carboxylic acids is 2. The SMILES string of the molecule is CC(=O)c1ccc(NC(=O)CSc2nc3c(c(=O)[nH]2)CCCC3)cc1. The largest absolute Gasteiger partial charge is 0.325 e. The first-order valence-corrected chi connectivity index (χ1v) is 9.17. The van der Waals surface area contributed by atoms with Crippen molar-refractivity contribution < 1.29 is 9.59 Å². The Balaban J connectivity index is 1.60. The standard InChI is InChI=1S/C18H19N3O3S/c1-11(22)12-6-8-13(9-7-12)19-16(23)10-25-18-20-15-5-3-2-4-14(15)17(24)21-18/h6-9H,2-5,10H2,1H3,(H,19,23)(H,20,21,24). The second-order valence-electron chi connectivity index (χ2n) is 5.97. The Hall–Kier alpha value is -2.41. The maximum atomic E-state index is 12.1. The summed E-state index contributed by atoms with van der Waals surface area (Å²) in [5.74, 6) is -0.0623. The van der Waals surface area contributed by atoms with Crippen LogP contribution in [0.3, 0.4) is 0 Å². The van der Waals surface area contributed by atoms with Crippen molar-refractivity contribution in [2.45, 2.75) is 37.8 Å².